The molecule has 1 saturated heterocycles. The van der Waals surface area contributed by atoms with Crippen LogP contribution in [0.1, 0.15) is 12.0 Å². The Morgan fingerprint density at radius 1 is 1.32 bits per heavy atom. The predicted molar refractivity (Wildman–Crippen MR) is 87.0 cm³/mol. The molecule has 5 nitrogen and oxygen atoms in total. The van der Waals surface area contributed by atoms with E-state index in [-0.39, 0.29) is 17.1 Å². The molecule has 1 atom stereocenters. The van der Waals surface area contributed by atoms with Crippen LogP contribution in [0.15, 0.2) is 24.3 Å². The molecule has 2 aliphatic heterocycles. The molecule has 3 rings (SSSR count). The zero-order valence-corrected chi connectivity index (χ0v) is 13.2. The largest absolute Gasteiger partial charge is 0.378 e. The number of thioether (sulfide) groups is 1. The quantitative estimate of drug-likeness (QED) is 0.918. The second kappa shape index (κ2) is 7.15. The van der Waals surface area contributed by atoms with Crippen molar-refractivity contribution < 1.29 is 14.3 Å². The Balaban J connectivity index is 1.55. The minimum atomic E-state index is -0.169. The number of carbonyl (C=O) groups is 2. The fourth-order valence-corrected chi connectivity index (χ4v) is 3.75. The Morgan fingerprint density at radius 2 is 2.09 bits per heavy atom. The zero-order valence-electron chi connectivity index (χ0n) is 12.4. The predicted octanol–water partition coefficient (Wildman–Crippen LogP) is 1.53. The summed E-state index contributed by atoms with van der Waals surface area (Å²) in [5, 5.41) is 2.80. The van der Waals surface area contributed by atoms with E-state index in [4.69, 9.17) is 4.74 Å². The fraction of sp³-hybridized carbons (Fsp3) is 0.500. The molecule has 1 aromatic rings. The van der Waals surface area contributed by atoms with Crippen LogP contribution in [-0.4, -0.2) is 54.0 Å². The van der Waals surface area contributed by atoms with E-state index in [0.29, 0.717) is 32.1 Å². The number of ether oxygens (including phenoxy) is 1. The van der Waals surface area contributed by atoms with E-state index in [0.717, 1.165) is 18.5 Å². The van der Waals surface area contributed by atoms with E-state index >= 15 is 0 Å². The molecule has 2 heterocycles. The summed E-state index contributed by atoms with van der Waals surface area (Å²) in [5.74, 6) is 0.460. The van der Waals surface area contributed by atoms with Crippen molar-refractivity contribution in [3.63, 3.8) is 0 Å². The summed E-state index contributed by atoms with van der Waals surface area (Å²) in [6.07, 6.45) is 1.63. The minimum Gasteiger partial charge on any atom is -0.378 e. The Kier molecular flexibility index (Phi) is 5.00. The van der Waals surface area contributed by atoms with Crippen LogP contribution < -0.4 is 5.32 Å². The first-order chi connectivity index (χ1) is 10.7. The number of anilines is 1. The molecular formula is C16H20N2O3S. The van der Waals surface area contributed by atoms with Gasteiger partial charge in [-0.25, -0.2) is 0 Å². The summed E-state index contributed by atoms with van der Waals surface area (Å²) in [6.45, 7) is 2.52. The number of nitrogens with zero attached hydrogens (tertiary/aromatic N) is 1. The van der Waals surface area contributed by atoms with Gasteiger partial charge in [-0.15, -0.1) is 11.8 Å². The average Bonchev–Trinajstić information content (AvgIpc) is 2.72. The van der Waals surface area contributed by atoms with Gasteiger partial charge in [-0.05, 0) is 24.5 Å². The Labute approximate surface area is 134 Å². The molecule has 0 radical (unpaired) electrons. The number of rotatable bonds is 3. The summed E-state index contributed by atoms with van der Waals surface area (Å²) < 4.78 is 5.25. The van der Waals surface area contributed by atoms with Crippen LogP contribution in [0.2, 0.25) is 0 Å². The van der Waals surface area contributed by atoms with Gasteiger partial charge in [-0.3, -0.25) is 9.59 Å². The van der Waals surface area contributed by atoms with Gasteiger partial charge < -0.3 is 15.0 Å². The number of nitrogens with one attached hydrogen (secondary N) is 1. The molecule has 0 aromatic heterocycles. The van der Waals surface area contributed by atoms with Crippen molar-refractivity contribution in [3.05, 3.63) is 29.8 Å². The molecule has 0 saturated carbocycles. The number of amides is 2. The van der Waals surface area contributed by atoms with E-state index < -0.39 is 0 Å². The number of carbonyl (C=O) groups excluding carboxylic acids is 2. The van der Waals surface area contributed by atoms with Crippen LogP contribution in [0.25, 0.3) is 0 Å². The van der Waals surface area contributed by atoms with Crippen LogP contribution in [0, 0.1) is 0 Å². The average molecular weight is 320 g/mol. The van der Waals surface area contributed by atoms with Gasteiger partial charge in [-0.1, -0.05) is 18.2 Å². The topological polar surface area (TPSA) is 58.6 Å². The third-order valence-corrected chi connectivity index (χ3v) is 5.28. The molecule has 2 amide bonds. The van der Waals surface area contributed by atoms with Crippen molar-refractivity contribution in [3.8, 4) is 0 Å². The molecule has 6 heteroatoms. The molecule has 0 aliphatic carbocycles. The first-order valence-electron chi connectivity index (χ1n) is 7.60. The van der Waals surface area contributed by atoms with Crippen LogP contribution >= 0.6 is 11.8 Å². The molecule has 0 bridgehead atoms. The third-order valence-electron chi connectivity index (χ3n) is 4.02. The smallest absolute Gasteiger partial charge is 0.237 e. The number of benzene rings is 1. The molecule has 1 aromatic carbocycles. The molecule has 0 spiro atoms. The summed E-state index contributed by atoms with van der Waals surface area (Å²) >= 11 is 1.45. The van der Waals surface area contributed by atoms with Gasteiger partial charge in [0.25, 0.3) is 0 Å². The zero-order chi connectivity index (χ0) is 15.4. The van der Waals surface area contributed by atoms with Crippen LogP contribution in [0.5, 0.6) is 0 Å². The summed E-state index contributed by atoms with van der Waals surface area (Å²) in [6, 6.07) is 7.88. The van der Waals surface area contributed by atoms with E-state index in [9.17, 15) is 9.59 Å². The molecular weight excluding hydrogens is 300 g/mol. The first kappa shape index (κ1) is 15.4. The van der Waals surface area contributed by atoms with Crippen molar-refractivity contribution in [2.24, 2.45) is 0 Å². The standard InChI is InChI=1S/C16H20N2O3S/c19-15(18-7-9-21-10-8-18)11-22-14-6-5-12-3-1-2-4-13(12)17-16(14)20/h1-4,14H,5-11H2,(H,17,20)/t14-/m1/s1. The third kappa shape index (κ3) is 3.62. The Bertz CT molecular complexity index is 558. The van der Waals surface area contributed by atoms with Crippen molar-refractivity contribution in [2.75, 3.05) is 37.4 Å². The Hall–Kier alpha value is -1.53. The van der Waals surface area contributed by atoms with Gasteiger partial charge in [0.15, 0.2) is 0 Å². The van der Waals surface area contributed by atoms with Gasteiger partial charge in [0.05, 0.1) is 24.2 Å². The highest BCUT2D eigenvalue weighted by Crippen LogP contribution is 2.27. The Morgan fingerprint density at radius 3 is 2.91 bits per heavy atom. The maximum absolute atomic E-state index is 12.3. The highest BCUT2D eigenvalue weighted by molar-refractivity contribution is 8.01. The maximum Gasteiger partial charge on any atom is 0.237 e. The highest BCUT2D eigenvalue weighted by atomic mass is 32.2. The van der Waals surface area contributed by atoms with E-state index in [1.807, 2.05) is 29.2 Å². The summed E-state index contributed by atoms with van der Waals surface area (Å²) in [7, 11) is 0. The lowest BCUT2D eigenvalue weighted by Crippen LogP contribution is -2.42. The second-order valence-corrected chi connectivity index (χ2v) is 6.67. The fourth-order valence-electron chi connectivity index (χ4n) is 2.73. The van der Waals surface area contributed by atoms with Gasteiger partial charge in [0.2, 0.25) is 11.8 Å². The van der Waals surface area contributed by atoms with Crippen molar-refractivity contribution >= 4 is 29.3 Å². The van der Waals surface area contributed by atoms with Gasteiger partial charge in [-0.2, -0.15) is 0 Å². The maximum atomic E-state index is 12.3. The van der Waals surface area contributed by atoms with Crippen molar-refractivity contribution in [1.82, 2.24) is 4.90 Å². The van der Waals surface area contributed by atoms with Gasteiger partial charge >= 0.3 is 0 Å². The van der Waals surface area contributed by atoms with Gasteiger partial charge in [0, 0.05) is 18.8 Å². The van der Waals surface area contributed by atoms with Crippen molar-refractivity contribution in [2.45, 2.75) is 18.1 Å². The number of hydrogen-bond donors (Lipinski definition) is 1. The minimum absolute atomic E-state index is 0.00438. The SMILES string of the molecule is O=C1Nc2ccccc2CC[C@H]1SCC(=O)N1CCOCC1. The lowest BCUT2D eigenvalue weighted by atomic mass is 10.1. The van der Waals surface area contributed by atoms with E-state index in [1.165, 1.54) is 17.3 Å². The van der Waals surface area contributed by atoms with E-state index in [1.54, 1.807) is 0 Å². The monoisotopic (exact) mass is 320 g/mol. The van der Waals surface area contributed by atoms with Crippen molar-refractivity contribution in [1.29, 1.82) is 0 Å². The number of fused-ring (bicyclic) bond motifs is 1. The summed E-state index contributed by atoms with van der Waals surface area (Å²) in [5.41, 5.74) is 2.06. The first-order valence-corrected chi connectivity index (χ1v) is 8.65. The van der Waals surface area contributed by atoms with Gasteiger partial charge in [0.1, 0.15) is 0 Å². The second-order valence-electron chi connectivity index (χ2n) is 5.48. The molecule has 0 unspecified atom stereocenters. The van der Waals surface area contributed by atoms with E-state index in [2.05, 4.69) is 5.32 Å². The summed E-state index contributed by atoms with van der Waals surface area (Å²) in [4.78, 5) is 26.3. The normalized spacial score (nSPS) is 21.7. The number of para-hydroxylation sites is 1. The molecule has 1 N–H and O–H groups in total. The van der Waals surface area contributed by atoms with Crippen LogP contribution in [0.3, 0.4) is 0 Å². The van der Waals surface area contributed by atoms with Crippen LogP contribution in [0.4, 0.5) is 5.69 Å². The molecule has 1 fully saturated rings. The lowest BCUT2D eigenvalue weighted by Gasteiger charge is -2.27. The number of aryl methyl sites for hydroxylation is 1. The number of hydrogen-bond acceptors (Lipinski definition) is 4. The lowest BCUT2D eigenvalue weighted by molar-refractivity contribution is -0.132. The molecule has 2 aliphatic rings. The molecule has 22 heavy (non-hydrogen) atoms. The highest BCUT2D eigenvalue weighted by Gasteiger charge is 2.26. The van der Waals surface area contributed by atoms with Crippen LogP contribution in [-0.2, 0) is 20.7 Å². The number of morpholine rings is 1. The molecule has 118 valence electrons.